The number of nitrogens with zero attached hydrogens (tertiary/aromatic N) is 4. The SMILES string of the molecule is Cc1ccc(CN(C)C(=O)CSc2nnc(-c3ccccc3F)n2C)c(C)c1. The molecule has 0 radical (unpaired) electrons. The molecule has 1 aromatic heterocycles. The smallest absolute Gasteiger partial charge is 0.233 e. The highest BCUT2D eigenvalue weighted by Crippen LogP contribution is 2.25. The van der Waals surface area contributed by atoms with E-state index in [2.05, 4.69) is 42.2 Å². The number of hydrogen-bond donors (Lipinski definition) is 0. The minimum absolute atomic E-state index is 0.000386. The van der Waals surface area contributed by atoms with Crippen LogP contribution in [0.1, 0.15) is 16.7 Å². The van der Waals surface area contributed by atoms with Crippen molar-refractivity contribution in [1.82, 2.24) is 19.7 Å². The van der Waals surface area contributed by atoms with Crippen molar-refractivity contribution >= 4 is 17.7 Å². The van der Waals surface area contributed by atoms with Gasteiger partial charge in [0, 0.05) is 20.6 Å². The number of carbonyl (C=O) groups excluding carboxylic acids is 1. The van der Waals surface area contributed by atoms with Gasteiger partial charge in [-0.05, 0) is 37.1 Å². The van der Waals surface area contributed by atoms with Crippen molar-refractivity contribution in [2.24, 2.45) is 7.05 Å². The fourth-order valence-corrected chi connectivity index (χ4v) is 3.77. The van der Waals surface area contributed by atoms with E-state index in [0.717, 1.165) is 5.56 Å². The van der Waals surface area contributed by atoms with Gasteiger partial charge in [0.2, 0.25) is 5.91 Å². The largest absolute Gasteiger partial charge is 0.341 e. The van der Waals surface area contributed by atoms with Crippen LogP contribution in [0.4, 0.5) is 4.39 Å². The molecule has 2 aromatic carbocycles. The van der Waals surface area contributed by atoms with E-state index in [1.54, 1.807) is 41.8 Å². The lowest BCUT2D eigenvalue weighted by Gasteiger charge is -2.18. The van der Waals surface area contributed by atoms with E-state index in [-0.39, 0.29) is 17.5 Å². The molecule has 0 aliphatic heterocycles. The Balaban J connectivity index is 1.64. The minimum atomic E-state index is -0.348. The van der Waals surface area contributed by atoms with Gasteiger partial charge in [-0.25, -0.2) is 4.39 Å². The first-order valence-electron chi connectivity index (χ1n) is 8.94. The zero-order chi connectivity index (χ0) is 20.3. The number of amides is 1. The highest BCUT2D eigenvalue weighted by atomic mass is 32.2. The lowest BCUT2D eigenvalue weighted by atomic mass is 10.1. The van der Waals surface area contributed by atoms with Crippen LogP contribution >= 0.6 is 11.8 Å². The van der Waals surface area contributed by atoms with E-state index in [4.69, 9.17) is 0 Å². The molecule has 0 saturated heterocycles. The van der Waals surface area contributed by atoms with Crippen molar-refractivity contribution in [3.8, 4) is 11.4 Å². The fourth-order valence-electron chi connectivity index (χ4n) is 2.92. The molecule has 3 aromatic rings. The quantitative estimate of drug-likeness (QED) is 0.589. The normalized spacial score (nSPS) is 10.9. The van der Waals surface area contributed by atoms with Gasteiger partial charge in [-0.2, -0.15) is 0 Å². The Morgan fingerprint density at radius 2 is 1.93 bits per heavy atom. The molecule has 7 heteroatoms. The van der Waals surface area contributed by atoms with Crippen molar-refractivity contribution in [3.05, 3.63) is 65.0 Å². The van der Waals surface area contributed by atoms with Gasteiger partial charge in [-0.1, -0.05) is 47.7 Å². The summed E-state index contributed by atoms with van der Waals surface area (Å²) in [5, 5.41) is 8.77. The summed E-state index contributed by atoms with van der Waals surface area (Å²) in [6, 6.07) is 12.7. The average Bonchev–Trinajstić information content (AvgIpc) is 3.02. The molecule has 0 N–H and O–H groups in total. The van der Waals surface area contributed by atoms with Gasteiger partial charge in [-0.3, -0.25) is 4.79 Å². The molecular weight excluding hydrogens is 375 g/mol. The lowest BCUT2D eigenvalue weighted by Crippen LogP contribution is -2.28. The van der Waals surface area contributed by atoms with E-state index in [1.165, 1.54) is 29.0 Å². The molecule has 0 spiro atoms. The molecule has 1 amide bonds. The van der Waals surface area contributed by atoms with E-state index < -0.39 is 0 Å². The maximum absolute atomic E-state index is 14.0. The van der Waals surface area contributed by atoms with Crippen LogP contribution in [-0.2, 0) is 18.4 Å². The van der Waals surface area contributed by atoms with Crippen molar-refractivity contribution in [2.45, 2.75) is 25.5 Å². The van der Waals surface area contributed by atoms with Crippen LogP contribution in [0.3, 0.4) is 0 Å². The Hall–Kier alpha value is -2.67. The first-order chi connectivity index (χ1) is 13.4. The van der Waals surface area contributed by atoms with Crippen molar-refractivity contribution in [1.29, 1.82) is 0 Å². The standard InChI is InChI=1S/C21H23FN4OS/c1-14-9-10-16(15(2)11-14)12-25(3)19(27)13-28-21-24-23-20(26(21)4)17-7-5-6-8-18(17)22/h5-11H,12-13H2,1-4H3. The van der Waals surface area contributed by atoms with Crippen molar-refractivity contribution in [2.75, 3.05) is 12.8 Å². The topological polar surface area (TPSA) is 51.0 Å². The molecule has 0 atom stereocenters. The maximum Gasteiger partial charge on any atom is 0.233 e. The van der Waals surface area contributed by atoms with Crippen molar-refractivity contribution in [3.63, 3.8) is 0 Å². The summed E-state index contributed by atoms with van der Waals surface area (Å²) in [7, 11) is 3.57. The van der Waals surface area contributed by atoms with Crippen LogP contribution in [0, 0.1) is 19.7 Å². The molecule has 0 bridgehead atoms. The highest BCUT2D eigenvalue weighted by molar-refractivity contribution is 7.99. The Bertz CT molecular complexity index is 1000. The molecule has 5 nitrogen and oxygen atoms in total. The molecule has 0 unspecified atom stereocenters. The third-order valence-corrected chi connectivity index (χ3v) is 5.61. The van der Waals surface area contributed by atoms with E-state index in [0.29, 0.717) is 23.1 Å². The third kappa shape index (κ3) is 4.42. The number of rotatable bonds is 6. The molecule has 0 saturated carbocycles. The molecule has 3 rings (SSSR count). The molecule has 0 fully saturated rings. The number of aryl methyl sites for hydroxylation is 2. The molecule has 146 valence electrons. The average molecular weight is 399 g/mol. The van der Waals surface area contributed by atoms with E-state index in [1.807, 2.05) is 0 Å². The lowest BCUT2D eigenvalue weighted by molar-refractivity contribution is -0.127. The predicted octanol–water partition coefficient (Wildman–Crippen LogP) is 3.99. The Kier molecular flexibility index (Phi) is 6.14. The summed E-state index contributed by atoms with van der Waals surface area (Å²) < 4.78 is 15.7. The molecule has 1 heterocycles. The van der Waals surface area contributed by atoms with Gasteiger partial charge in [0.05, 0.1) is 11.3 Å². The monoisotopic (exact) mass is 398 g/mol. The van der Waals surface area contributed by atoms with Crippen LogP contribution in [0.25, 0.3) is 11.4 Å². The Morgan fingerprint density at radius 3 is 2.64 bits per heavy atom. The van der Waals surface area contributed by atoms with Crippen LogP contribution in [0.15, 0.2) is 47.6 Å². The number of thioether (sulfide) groups is 1. The molecular formula is C21H23FN4OS. The number of aromatic nitrogens is 3. The van der Waals surface area contributed by atoms with Gasteiger partial charge in [0.15, 0.2) is 11.0 Å². The van der Waals surface area contributed by atoms with Crippen LogP contribution < -0.4 is 0 Å². The summed E-state index contributed by atoms with van der Waals surface area (Å²) in [5.74, 6) is 0.334. The summed E-state index contributed by atoms with van der Waals surface area (Å²) in [6.07, 6.45) is 0. The van der Waals surface area contributed by atoms with Gasteiger partial charge < -0.3 is 9.47 Å². The maximum atomic E-state index is 14.0. The second-order valence-corrected chi connectivity index (χ2v) is 7.76. The number of hydrogen-bond acceptors (Lipinski definition) is 4. The van der Waals surface area contributed by atoms with Gasteiger partial charge in [-0.15, -0.1) is 10.2 Å². The molecule has 0 aliphatic rings. The Labute approximate surface area is 168 Å². The number of benzene rings is 2. The first kappa shape index (κ1) is 20.1. The van der Waals surface area contributed by atoms with E-state index >= 15 is 0 Å². The van der Waals surface area contributed by atoms with Gasteiger partial charge in [0.1, 0.15) is 5.82 Å². The summed E-state index contributed by atoms with van der Waals surface area (Å²) >= 11 is 1.30. The second-order valence-electron chi connectivity index (χ2n) is 6.81. The van der Waals surface area contributed by atoms with E-state index in [9.17, 15) is 9.18 Å². The minimum Gasteiger partial charge on any atom is -0.341 e. The first-order valence-corrected chi connectivity index (χ1v) is 9.92. The second kappa shape index (κ2) is 8.56. The van der Waals surface area contributed by atoms with Crippen molar-refractivity contribution < 1.29 is 9.18 Å². The number of halogens is 1. The zero-order valence-electron chi connectivity index (χ0n) is 16.4. The molecule has 28 heavy (non-hydrogen) atoms. The predicted molar refractivity (Wildman–Crippen MR) is 110 cm³/mol. The fraction of sp³-hybridized carbons (Fsp3) is 0.286. The van der Waals surface area contributed by atoms with Crippen LogP contribution in [0.2, 0.25) is 0 Å². The zero-order valence-corrected chi connectivity index (χ0v) is 17.3. The van der Waals surface area contributed by atoms with Gasteiger partial charge in [0.25, 0.3) is 0 Å². The highest BCUT2D eigenvalue weighted by Gasteiger charge is 2.17. The van der Waals surface area contributed by atoms with Crippen LogP contribution in [-0.4, -0.2) is 38.4 Å². The Morgan fingerprint density at radius 1 is 1.18 bits per heavy atom. The van der Waals surface area contributed by atoms with Crippen LogP contribution in [0.5, 0.6) is 0 Å². The third-order valence-electron chi connectivity index (χ3n) is 4.61. The number of carbonyl (C=O) groups is 1. The summed E-state index contributed by atoms with van der Waals surface area (Å²) in [5.41, 5.74) is 3.91. The summed E-state index contributed by atoms with van der Waals surface area (Å²) in [4.78, 5) is 14.2. The van der Waals surface area contributed by atoms with Gasteiger partial charge >= 0.3 is 0 Å². The molecule has 0 aliphatic carbocycles. The summed E-state index contributed by atoms with van der Waals surface area (Å²) in [6.45, 7) is 4.67.